The molecule has 0 aromatic heterocycles. The molecule has 0 atom stereocenters. The molecular weight excluding hydrogens is 558 g/mol. The molecular formula is C6H9Cl6Zr3. The Bertz CT molecular complexity index is 98.1. The summed E-state index contributed by atoms with van der Waals surface area (Å²) in [6.45, 7) is 7.01. The van der Waals surface area contributed by atoms with Gasteiger partial charge in [-0.3, -0.25) is 0 Å². The van der Waals surface area contributed by atoms with E-state index in [4.69, 9.17) is 57.7 Å². The van der Waals surface area contributed by atoms with Gasteiger partial charge in [0, 0.05) is 0 Å². The van der Waals surface area contributed by atoms with Crippen molar-refractivity contribution in [3.63, 3.8) is 0 Å². The van der Waals surface area contributed by atoms with Gasteiger partial charge in [0.1, 0.15) is 0 Å². The van der Waals surface area contributed by atoms with E-state index in [1.807, 2.05) is 19.1 Å². The Kier molecular flexibility index (Phi) is 78.2. The molecule has 0 aliphatic heterocycles. The molecule has 0 N–H and O–H groups in total. The second-order valence-electron chi connectivity index (χ2n) is 1.25. The maximum absolute atomic E-state index is 5.04. The van der Waals surface area contributed by atoms with Gasteiger partial charge in [-0.15, -0.1) is 0 Å². The molecule has 0 unspecified atom stereocenters. The normalized spacial score (nSPS) is 6.60. The van der Waals surface area contributed by atoms with Gasteiger partial charge in [-0.1, -0.05) is 24.8 Å². The topological polar surface area (TPSA) is 0 Å². The Morgan fingerprint density at radius 3 is 1.27 bits per heavy atom. The fraction of sp³-hybridized carbons (Fsp3) is 0.333. The van der Waals surface area contributed by atoms with Crippen LogP contribution >= 0.6 is 51.1 Å². The van der Waals surface area contributed by atoms with Crippen LogP contribution < -0.4 is 0 Å². The average Bonchev–Trinajstić information content (AvgIpc) is 2.18. The summed E-state index contributed by atoms with van der Waals surface area (Å²) in [6, 6.07) is 0. The second kappa shape index (κ2) is 43.0. The molecule has 0 bridgehead atoms. The number of hydrogen-bond donors (Lipinski definition) is 0. The summed E-state index contributed by atoms with van der Waals surface area (Å²) in [5, 5.41) is 0. The van der Waals surface area contributed by atoms with Gasteiger partial charge in [0.2, 0.25) is 0 Å². The third-order valence-corrected chi connectivity index (χ3v) is 0.508. The van der Waals surface area contributed by atoms with Crippen LogP contribution in [0.2, 0.25) is 0 Å². The van der Waals surface area contributed by atoms with E-state index in [2.05, 4.69) is 0 Å². The Morgan fingerprint density at radius 1 is 0.933 bits per heavy atom. The zero-order valence-electron chi connectivity index (χ0n) is 7.78. The summed E-state index contributed by atoms with van der Waals surface area (Å²) in [5.74, 6) is 0. The van der Waals surface area contributed by atoms with Crippen LogP contribution in [0.25, 0.3) is 0 Å². The maximum atomic E-state index is 5.04. The number of rotatable bonds is 2. The molecule has 0 fully saturated rings. The summed E-state index contributed by atoms with van der Waals surface area (Å²) in [5.41, 5.74) is 0. The molecule has 0 aromatic rings. The van der Waals surface area contributed by atoms with Gasteiger partial charge >= 0.3 is 114 Å². The summed E-state index contributed by atoms with van der Waals surface area (Å²) in [7, 11) is 29.6. The van der Waals surface area contributed by atoms with Crippen LogP contribution in [0, 0.1) is 6.58 Å². The molecule has 0 spiro atoms. The minimum atomic E-state index is -0.826. The number of allylic oxidation sites excluding steroid dienone is 3. The first kappa shape index (κ1) is 27.3. The monoisotopic (exact) mass is 561 g/mol. The van der Waals surface area contributed by atoms with E-state index < -0.39 is 62.5 Å². The van der Waals surface area contributed by atoms with E-state index >= 15 is 0 Å². The zero-order chi connectivity index (χ0) is 12.9. The summed E-state index contributed by atoms with van der Waals surface area (Å²) >= 11 is -2.48. The third kappa shape index (κ3) is 95.4. The van der Waals surface area contributed by atoms with Gasteiger partial charge in [0.05, 0.1) is 0 Å². The van der Waals surface area contributed by atoms with Gasteiger partial charge in [-0.05, 0) is 13.3 Å². The van der Waals surface area contributed by atoms with Gasteiger partial charge in [-0.25, -0.2) is 0 Å². The molecule has 0 aliphatic carbocycles. The molecule has 9 heteroatoms. The number of halogens is 6. The van der Waals surface area contributed by atoms with Gasteiger partial charge in [0.15, 0.2) is 0 Å². The standard InChI is InChI=1S/C6H9.6ClH.3Zr/c1-3-5-6-4-2;;;;;;;;;/h1,3-4,6H,5H2,2H3;6*1H;;;/q;;;;;;;3*+2/p-6. The minimum absolute atomic E-state index is 0.826. The predicted molar refractivity (Wildman–Crippen MR) is 63.4 cm³/mol. The fourth-order valence-corrected chi connectivity index (χ4v) is 0.215. The molecule has 1 radical (unpaired) electrons. The van der Waals surface area contributed by atoms with Gasteiger partial charge in [0.25, 0.3) is 0 Å². The SMILES string of the molecule is [CH]=CCC=CC.[Cl][Zr][Cl].[Cl][Zr][Cl].[Cl][Zr][Cl]. The van der Waals surface area contributed by atoms with Gasteiger partial charge < -0.3 is 0 Å². The Hall–Kier alpha value is 3.87. The molecule has 0 nitrogen and oxygen atoms in total. The Morgan fingerprint density at radius 2 is 1.20 bits per heavy atom. The van der Waals surface area contributed by atoms with Crippen LogP contribution in [0.1, 0.15) is 13.3 Å². The summed E-state index contributed by atoms with van der Waals surface area (Å²) < 4.78 is 0. The van der Waals surface area contributed by atoms with E-state index in [1.54, 1.807) is 6.08 Å². The molecule has 0 rings (SSSR count). The van der Waals surface area contributed by atoms with Crippen molar-refractivity contribution in [3.8, 4) is 0 Å². The molecule has 0 amide bonds. The first-order chi connectivity index (χ1) is 7.16. The Balaban J connectivity index is -0.0000000581. The van der Waals surface area contributed by atoms with Crippen molar-refractivity contribution >= 4 is 51.1 Å². The van der Waals surface area contributed by atoms with Crippen LogP contribution in [-0.2, 0) is 62.5 Å². The second-order valence-corrected chi connectivity index (χ2v) is 12.5. The zero-order valence-corrected chi connectivity index (χ0v) is 19.7. The van der Waals surface area contributed by atoms with Crippen molar-refractivity contribution < 1.29 is 62.5 Å². The van der Waals surface area contributed by atoms with Crippen molar-refractivity contribution in [2.75, 3.05) is 0 Å². The first-order valence-corrected chi connectivity index (χ1v) is 22.2. The van der Waals surface area contributed by atoms with Crippen molar-refractivity contribution in [2.45, 2.75) is 13.3 Å². The third-order valence-electron chi connectivity index (χ3n) is 0.508. The molecule has 0 aromatic carbocycles. The molecule has 0 saturated carbocycles. The number of hydrogen-bond acceptors (Lipinski definition) is 0. The van der Waals surface area contributed by atoms with Crippen LogP contribution in [0.5, 0.6) is 0 Å². The fourth-order valence-electron chi connectivity index (χ4n) is 0.215. The van der Waals surface area contributed by atoms with E-state index in [1.165, 1.54) is 0 Å². The first-order valence-electron chi connectivity index (χ1n) is 3.19. The van der Waals surface area contributed by atoms with Crippen molar-refractivity contribution in [1.82, 2.24) is 0 Å². The van der Waals surface area contributed by atoms with Crippen molar-refractivity contribution in [2.24, 2.45) is 0 Å². The summed E-state index contributed by atoms with van der Waals surface area (Å²) in [4.78, 5) is 0. The van der Waals surface area contributed by atoms with Crippen molar-refractivity contribution in [3.05, 3.63) is 24.8 Å². The average molecular weight is 568 g/mol. The molecule has 87 valence electrons. The predicted octanol–water partition coefficient (Wildman–Crippen LogP) is 6.07. The molecule has 0 heterocycles. The van der Waals surface area contributed by atoms with Crippen LogP contribution in [0.4, 0.5) is 0 Å². The van der Waals surface area contributed by atoms with Crippen LogP contribution in [-0.4, -0.2) is 0 Å². The quantitative estimate of drug-likeness (QED) is 0.356. The van der Waals surface area contributed by atoms with Crippen LogP contribution in [0.3, 0.4) is 0 Å². The molecule has 0 saturated heterocycles. The molecule has 15 heavy (non-hydrogen) atoms. The molecule has 0 aliphatic rings. The van der Waals surface area contributed by atoms with E-state index in [0.717, 1.165) is 6.42 Å². The van der Waals surface area contributed by atoms with E-state index in [0.29, 0.717) is 0 Å². The van der Waals surface area contributed by atoms with E-state index in [-0.39, 0.29) is 0 Å². The summed E-state index contributed by atoms with van der Waals surface area (Å²) in [6.07, 6.45) is 6.49. The van der Waals surface area contributed by atoms with Gasteiger partial charge in [-0.2, -0.15) is 0 Å². The van der Waals surface area contributed by atoms with E-state index in [9.17, 15) is 0 Å². The Labute approximate surface area is 148 Å². The van der Waals surface area contributed by atoms with Crippen molar-refractivity contribution in [1.29, 1.82) is 0 Å². The van der Waals surface area contributed by atoms with Crippen LogP contribution in [0.15, 0.2) is 18.2 Å².